The molecule has 1 aromatic rings. The van der Waals surface area contributed by atoms with Crippen molar-refractivity contribution in [2.45, 2.75) is 65.1 Å². The summed E-state index contributed by atoms with van der Waals surface area (Å²) in [4.78, 5) is 11.3. The lowest BCUT2D eigenvalue weighted by Gasteiger charge is -2.39. The summed E-state index contributed by atoms with van der Waals surface area (Å²) < 4.78 is 11.7. The monoisotopic (exact) mass is 322 g/mol. The van der Waals surface area contributed by atoms with Gasteiger partial charge in [0.1, 0.15) is 5.75 Å². The molecule has 0 aliphatic heterocycles. The number of ether oxygens (including phenoxy) is 1. The third-order valence-electron chi connectivity index (χ3n) is 4.47. The second-order valence-electron chi connectivity index (χ2n) is 8.02. The average Bonchev–Trinajstić information content (AvgIpc) is 2.35. The highest BCUT2D eigenvalue weighted by Crippen LogP contribution is 2.39. The molecule has 0 amide bonds. The molecule has 0 fully saturated rings. The molecule has 0 radical (unpaired) electrons. The van der Waals surface area contributed by atoms with Crippen LogP contribution in [0.2, 0.25) is 18.1 Å². The first-order valence-electron chi connectivity index (χ1n) is 7.79. The van der Waals surface area contributed by atoms with Gasteiger partial charge >= 0.3 is 5.97 Å². The predicted octanol–water partition coefficient (Wildman–Crippen LogP) is 4.91. The Morgan fingerprint density at radius 2 is 1.64 bits per heavy atom. The minimum atomic E-state index is -1.80. The van der Waals surface area contributed by atoms with E-state index in [1.54, 1.807) is 0 Å². The van der Waals surface area contributed by atoms with Gasteiger partial charge in [0.2, 0.25) is 0 Å². The smallest absolute Gasteiger partial charge is 0.308 e. The second-order valence-corrected chi connectivity index (χ2v) is 12.8. The van der Waals surface area contributed by atoms with Crippen molar-refractivity contribution in [3.8, 4) is 5.75 Å². The average molecular weight is 323 g/mol. The first-order valence-corrected chi connectivity index (χ1v) is 10.7. The summed E-state index contributed by atoms with van der Waals surface area (Å²) in [5.74, 6) is 0.326. The normalized spacial score (nSPS) is 13.1. The van der Waals surface area contributed by atoms with E-state index >= 15 is 0 Å². The van der Waals surface area contributed by atoms with E-state index < -0.39 is 8.32 Å². The Morgan fingerprint density at radius 1 is 1.09 bits per heavy atom. The summed E-state index contributed by atoms with van der Waals surface area (Å²) >= 11 is 0. The van der Waals surface area contributed by atoms with Crippen molar-refractivity contribution in [3.63, 3.8) is 0 Å². The Bertz CT molecular complexity index is 527. The van der Waals surface area contributed by atoms with E-state index in [9.17, 15) is 4.79 Å². The molecule has 0 aromatic heterocycles. The van der Waals surface area contributed by atoms with E-state index in [0.717, 1.165) is 5.56 Å². The first kappa shape index (κ1) is 18.9. The van der Waals surface area contributed by atoms with E-state index in [-0.39, 0.29) is 16.4 Å². The molecule has 0 aliphatic carbocycles. The number of benzene rings is 1. The molecule has 3 nitrogen and oxygen atoms in total. The second kappa shape index (κ2) is 6.55. The zero-order valence-electron chi connectivity index (χ0n) is 15.2. The lowest BCUT2D eigenvalue weighted by molar-refractivity contribution is -0.131. The zero-order valence-corrected chi connectivity index (χ0v) is 16.2. The fourth-order valence-electron chi connectivity index (χ4n) is 1.92. The lowest BCUT2D eigenvalue weighted by atomic mass is 9.85. The molecule has 0 saturated heterocycles. The van der Waals surface area contributed by atoms with Crippen LogP contribution in [-0.2, 0) is 14.6 Å². The van der Waals surface area contributed by atoms with Crippen LogP contribution < -0.4 is 4.74 Å². The molecule has 0 N–H and O–H groups in total. The van der Waals surface area contributed by atoms with Crippen LogP contribution in [0.15, 0.2) is 24.3 Å². The van der Waals surface area contributed by atoms with Crippen LogP contribution >= 0.6 is 0 Å². The summed E-state index contributed by atoms with van der Waals surface area (Å²) in [7, 11) is -1.80. The molecule has 1 aromatic carbocycles. The first-order chi connectivity index (χ1) is 9.87. The molecule has 1 rings (SSSR count). The predicted molar refractivity (Wildman–Crippen MR) is 93.9 cm³/mol. The van der Waals surface area contributed by atoms with Gasteiger partial charge in [0, 0.05) is 24.5 Å². The van der Waals surface area contributed by atoms with E-state index in [1.165, 1.54) is 6.92 Å². The van der Waals surface area contributed by atoms with Gasteiger partial charge in [-0.2, -0.15) is 0 Å². The van der Waals surface area contributed by atoms with Gasteiger partial charge in [-0.3, -0.25) is 4.79 Å². The summed E-state index contributed by atoms with van der Waals surface area (Å²) in [6.07, 6.45) is 0. The number of esters is 1. The van der Waals surface area contributed by atoms with E-state index in [2.05, 4.69) is 47.7 Å². The molecule has 0 atom stereocenters. The largest absolute Gasteiger partial charge is 0.426 e. The summed E-state index contributed by atoms with van der Waals surface area (Å²) in [5, 5.41) is 0.179. The third kappa shape index (κ3) is 4.68. The van der Waals surface area contributed by atoms with Crippen LogP contribution in [0.5, 0.6) is 5.75 Å². The van der Waals surface area contributed by atoms with Gasteiger partial charge in [-0.15, -0.1) is 0 Å². The van der Waals surface area contributed by atoms with Crippen LogP contribution in [0, 0.1) is 0 Å². The van der Waals surface area contributed by atoms with Crippen LogP contribution in [0.4, 0.5) is 0 Å². The highest BCUT2D eigenvalue weighted by Gasteiger charge is 2.39. The number of carbonyl (C=O) groups excluding carboxylic acids is 1. The molecule has 22 heavy (non-hydrogen) atoms. The van der Waals surface area contributed by atoms with Crippen molar-refractivity contribution in [1.82, 2.24) is 0 Å². The molecular formula is C18H30O3Si. The standard InChI is InChI=1S/C18H30O3Si/c1-14(19)21-16-12-10-9-11-15(16)18(5,6)13-20-22(7,8)17(2,3)4/h9-12H,13H2,1-8H3. The van der Waals surface area contributed by atoms with Crippen LogP contribution in [0.25, 0.3) is 0 Å². The Kier molecular flexibility index (Phi) is 5.63. The number of para-hydroxylation sites is 1. The number of hydrogen-bond donors (Lipinski definition) is 0. The Hall–Kier alpha value is -1.13. The van der Waals surface area contributed by atoms with Gasteiger partial charge in [0.25, 0.3) is 0 Å². The number of carbonyl (C=O) groups is 1. The van der Waals surface area contributed by atoms with Gasteiger partial charge in [-0.05, 0) is 24.2 Å². The SMILES string of the molecule is CC(=O)Oc1ccccc1C(C)(C)CO[Si](C)(C)C(C)(C)C. The van der Waals surface area contributed by atoms with Gasteiger partial charge < -0.3 is 9.16 Å². The van der Waals surface area contributed by atoms with Crippen molar-refractivity contribution in [2.24, 2.45) is 0 Å². The molecule has 0 heterocycles. The van der Waals surface area contributed by atoms with Crippen molar-refractivity contribution in [1.29, 1.82) is 0 Å². The fourth-order valence-corrected chi connectivity index (χ4v) is 3.08. The summed E-state index contributed by atoms with van der Waals surface area (Å²) in [6.45, 7) is 17.5. The van der Waals surface area contributed by atoms with E-state index in [0.29, 0.717) is 12.4 Å². The Balaban J connectivity index is 2.98. The maximum atomic E-state index is 11.3. The van der Waals surface area contributed by atoms with Gasteiger partial charge in [0.05, 0.1) is 0 Å². The molecule has 0 aliphatic rings. The van der Waals surface area contributed by atoms with Crippen molar-refractivity contribution >= 4 is 14.3 Å². The topological polar surface area (TPSA) is 35.5 Å². The minimum Gasteiger partial charge on any atom is -0.426 e. The quantitative estimate of drug-likeness (QED) is 0.439. The molecular weight excluding hydrogens is 292 g/mol. The maximum Gasteiger partial charge on any atom is 0.308 e. The zero-order chi connectivity index (χ0) is 17.2. The Morgan fingerprint density at radius 3 is 2.14 bits per heavy atom. The Labute approximate surface area is 136 Å². The minimum absolute atomic E-state index is 0.179. The lowest BCUT2D eigenvalue weighted by Crippen LogP contribution is -2.44. The van der Waals surface area contributed by atoms with Crippen LogP contribution in [-0.4, -0.2) is 20.9 Å². The van der Waals surface area contributed by atoms with Gasteiger partial charge in [-0.1, -0.05) is 52.8 Å². The molecule has 0 spiro atoms. The number of hydrogen-bond acceptors (Lipinski definition) is 3. The molecule has 0 unspecified atom stereocenters. The van der Waals surface area contributed by atoms with Crippen LogP contribution in [0.1, 0.15) is 47.1 Å². The van der Waals surface area contributed by atoms with E-state index in [1.807, 2.05) is 24.3 Å². The van der Waals surface area contributed by atoms with Gasteiger partial charge in [0.15, 0.2) is 8.32 Å². The van der Waals surface area contributed by atoms with E-state index in [4.69, 9.17) is 9.16 Å². The van der Waals surface area contributed by atoms with Gasteiger partial charge in [-0.25, -0.2) is 0 Å². The molecule has 4 heteroatoms. The molecule has 0 bridgehead atoms. The van der Waals surface area contributed by atoms with Crippen molar-refractivity contribution < 1.29 is 14.0 Å². The molecule has 124 valence electrons. The van der Waals surface area contributed by atoms with Crippen molar-refractivity contribution in [2.75, 3.05) is 6.61 Å². The maximum absolute atomic E-state index is 11.3. The van der Waals surface area contributed by atoms with Crippen molar-refractivity contribution in [3.05, 3.63) is 29.8 Å². The highest BCUT2D eigenvalue weighted by atomic mass is 28.4. The summed E-state index contributed by atoms with van der Waals surface area (Å²) in [5.41, 5.74) is 0.783. The summed E-state index contributed by atoms with van der Waals surface area (Å²) in [6, 6.07) is 7.70. The number of rotatable bonds is 5. The van der Waals surface area contributed by atoms with Crippen LogP contribution in [0.3, 0.4) is 0 Å². The highest BCUT2D eigenvalue weighted by molar-refractivity contribution is 6.74. The fraction of sp³-hybridized carbons (Fsp3) is 0.611. The third-order valence-corrected chi connectivity index (χ3v) is 8.95. The molecule has 0 saturated carbocycles.